The molecule has 108 valence electrons. The third-order valence-electron chi connectivity index (χ3n) is 3.14. The molecular formula is C13H14F2N2O3. The van der Waals surface area contributed by atoms with E-state index in [0.717, 1.165) is 5.56 Å². The monoisotopic (exact) mass is 284 g/mol. The van der Waals surface area contributed by atoms with Crippen LogP contribution in [-0.4, -0.2) is 36.6 Å². The SMILES string of the molecule is O=C(O)CC1CN(C(=O)NCC(F)F)c2ccccc21. The zero-order chi connectivity index (χ0) is 14.7. The molecule has 1 atom stereocenters. The normalized spacial score (nSPS) is 17.1. The molecule has 0 aromatic heterocycles. The number of nitrogens with one attached hydrogen (secondary N) is 1. The summed E-state index contributed by atoms with van der Waals surface area (Å²) in [6, 6.07) is 6.28. The van der Waals surface area contributed by atoms with Crippen LogP contribution in [0.1, 0.15) is 17.9 Å². The van der Waals surface area contributed by atoms with Crippen molar-refractivity contribution < 1.29 is 23.5 Å². The minimum absolute atomic E-state index is 0.102. The number of benzene rings is 1. The van der Waals surface area contributed by atoms with Crippen molar-refractivity contribution in [2.45, 2.75) is 18.8 Å². The van der Waals surface area contributed by atoms with Crippen LogP contribution in [-0.2, 0) is 4.79 Å². The molecule has 7 heteroatoms. The third kappa shape index (κ3) is 3.04. The standard InChI is InChI=1S/C13H14F2N2O3/c14-11(15)6-16-13(20)17-7-8(5-12(18)19)9-3-1-2-4-10(9)17/h1-4,8,11H,5-7H2,(H,16,20)(H,18,19). The molecule has 1 aromatic rings. The lowest BCUT2D eigenvalue weighted by Crippen LogP contribution is -2.41. The summed E-state index contributed by atoms with van der Waals surface area (Å²) < 4.78 is 24.2. The van der Waals surface area contributed by atoms with Crippen LogP contribution >= 0.6 is 0 Å². The van der Waals surface area contributed by atoms with Crippen molar-refractivity contribution >= 4 is 17.7 Å². The highest BCUT2D eigenvalue weighted by Crippen LogP contribution is 2.37. The van der Waals surface area contributed by atoms with Crippen LogP contribution in [0.2, 0.25) is 0 Å². The van der Waals surface area contributed by atoms with Crippen molar-refractivity contribution in [2.75, 3.05) is 18.0 Å². The maximum absolute atomic E-state index is 12.1. The van der Waals surface area contributed by atoms with E-state index in [1.807, 2.05) is 0 Å². The molecule has 1 heterocycles. The van der Waals surface area contributed by atoms with Crippen LogP contribution in [0, 0.1) is 0 Å². The molecule has 2 rings (SSSR count). The Hall–Kier alpha value is -2.18. The zero-order valence-electron chi connectivity index (χ0n) is 10.6. The van der Waals surface area contributed by atoms with Crippen LogP contribution in [0.25, 0.3) is 0 Å². The second-order valence-electron chi connectivity index (χ2n) is 4.54. The highest BCUT2D eigenvalue weighted by molar-refractivity contribution is 5.95. The third-order valence-corrected chi connectivity index (χ3v) is 3.14. The molecule has 2 amide bonds. The Morgan fingerprint density at radius 3 is 2.75 bits per heavy atom. The van der Waals surface area contributed by atoms with E-state index in [-0.39, 0.29) is 18.9 Å². The lowest BCUT2D eigenvalue weighted by Gasteiger charge is -2.18. The molecular weight excluding hydrogens is 270 g/mol. The number of halogens is 2. The molecule has 0 saturated heterocycles. The molecule has 2 N–H and O–H groups in total. The predicted molar refractivity (Wildman–Crippen MR) is 68.2 cm³/mol. The van der Waals surface area contributed by atoms with E-state index < -0.39 is 25.0 Å². The number of rotatable bonds is 4. The van der Waals surface area contributed by atoms with Crippen molar-refractivity contribution in [3.63, 3.8) is 0 Å². The van der Waals surface area contributed by atoms with Gasteiger partial charge in [-0.25, -0.2) is 13.6 Å². The molecule has 1 aliphatic rings. The first-order valence-electron chi connectivity index (χ1n) is 6.13. The Labute approximate surface area is 114 Å². The van der Waals surface area contributed by atoms with Crippen molar-refractivity contribution in [1.29, 1.82) is 0 Å². The van der Waals surface area contributed by atoms with Crippen LogP contribution in [0.5, 0.6) is 0 Å². The Kier molecular flexibility index (Phi) is 4.16. The fourth-order valence-electron chi connectivity index (χ4n) is 2.33. The molecule has 0 spiro atoms. The number of anilines is 1. The van der Waals surface area contributed by atoms with Gasteiger partial charge in [-0.3, -0.25) is 9.69 Å². The van der Waals surface area contributed by atoms with E-state index in [9.17, 15) is 18.4 Å². The molecule has 0 fully saturated rings. The second kappa shape index (κ2) is 5.85. The topological polar surface area (TPSA) is 69.6 Å². The largest absolute Gasteiger partial charge is 0.481 e. The summed E-state index contributed by atoms with van der Waals surface area (Å²) in [5.41, 5.74) is 1.33. The maximum atomic E-state index is 12.1. The summed E-state index contributed by atoms with van der Waals surface area (Å²) in [6.45, 7) is -0.540. The molecule has 5 nitrogen and oxygen atoms in total. The average Bonchev–Trinajstić information content (AvgIpc) is 2.74. The molecule has 20 heavy (non-hydrogen) atoms. The minimum atomic E-state index is -2.62. The Balaban J connectivity index is 2.16. The van der Waals surface area contributed by atoms with Crippen molar-refractivity contribution in [3.05, 3.63) is 29.8 Å². The summed E-state index contributed by atoms with van der Waals surface area (Å²) in [5.74, 6) is -1.28. The first kappa shape index (κ1) is 14.2. The summed E-state index contributed by atoms with van der Waals surface area (Å²) in [5, 5.41) is 11.0. The fourth-order valence-corrected chi connectivity index (χ4v) is 2.33. The number of carbonyl (C=O) groups excluding carboxylic acids is 1. The van der Waals surface area contributed by atoms with Gasteiger partial charge in [0, 0.05) is 18.2 Å². The Bertz CT molecular complexity index is 522. The summed E-state index contributed by atoms with van der Waals surface area (Å²) in [7, 11) is 0. The number of carboxylic acid groups (broad SMARTS) is 1. The van der Waals surface area contributed by atoms with Gasteiger partial charge in [0.05, 0.1) is 13.0 Å². The number of urea groups is 1. The first-order valence-corrected chi connectivity index (χ1v) is 6.13. The van der Waals surface area contributed by atoms with Gasteiger partial charge in [-0.1, -0.05) is 18.2 Å². The highest BCUT2D eigenvalue weighted by Gasteiger charge is 2.33. The highest BCUT2D eigenvalue weighted by atomic mass is 19.3. The van der Waals surface area contributed by atoms with Crippen molar-refractivity contribution in [3.8, 4) is 0 Å². The average molecular weight is 284 g/mol. The van der Waals surface area contributed by atoms with Crippen LogP contribution in [0.4, 0.5) is 19.3 Å². The minimum Gasteiger partial charge on any atom is -0.481 e. The van der Waals surface area contributed by atoms with Gasteiger partial charge in [0.2, 0.25) is 0 Å². The molecule has 0 bridgehead atoms. The van der Waals surface area contributed by atoms with Crippen LogP contribution in [0.15, 0.2) is 24.3 Å². The molecule has 1 aromatic carbocycles. The van der Waals surface area contributed by atoms with Crippen LogP contribution in [0.3, 0.4) is 0 Å². The van der Waals surface area contributed by atoms with Crippen molar-refractivity contribution in [2.24, 2.45) is 0 Å². The Morgan fingerprint density at radius 1 is 1.40 bits per heavy atom. The van der Waals surface area contributed by atoms with Gasteiger partial charge >= 0.3 is 12.0 Å². The van der Waals surface area contributed by atoms with E-state index in [4.69, 9.17) is 5.11 Å². The predicted octanol–water partition coefficient (Wildman–Crippen LogP) is 2.04. The van der Waals surface area contributed by atoms with Gasteiger partial charge in [-0.15, -0.1) is 0 Å². The molecule has 1 aliphatic heterocycles. The lowest BCUT2D eigenvalue weighted by molar-refractivity contribution is -0.137. The van der Waals surface area contributed by atoms with Gasteiger partial charge in [-0.05, 0) is 11.6 Å². The van der Waals surface area contributed by atoms with Gasteiger partial charge in [0.25, 0.3) is 6.43 Å². The first-order chi connectivity index (χ1) is 9.49. The smallest absolute Gasteiger partial charge is 0.322 e. The number of amides is 2. The molecule has 0 aliphatic carbocycles. The summed E-state index contributed by atoms with van der Waals surface area (Å²) in [6.07, 6.45) is -2.72. The number of fused-ring (bicyclic) bond motifs is 1. The lowest BCUT2D eigenvalue weighted by atomic mass is 9.98. The van der Waals surface area contributed by atoms with Crippen molar-refractivity contribution in [1.82, 2.24) is 5.32 Å². The maximum Gasteiger partial charge on any atom is 0.322 e. The molecule has 0 radical (unpaired) electrons. The second-order valence-corrected chi connectivity index (χ2v) is 4.54. The number of carboxylic acids is 1. The van der Waals surface area contributed by atoms with Gasteiger partial charge in [-0.2, -0.15) is 0 Å². The summed E-state index contributed by atoms with van der Waals surface area (Å²) in [4.78, 5) is 24.0. The molecule has 0 saturated carbocycles. The number of carbonyl (C=O) groups is 2. The quantitative estimate of drug-likeness (QED) is 0.889. The number of hydrogen-bond donors (Lipinski definition) is 2. The van der Waals surface area contributed by atoms with Gasteiger partial charge in [0.1, 0.15) is 0 Å². The molecule has 1 unspecified atom stereocenters. The Morgan fingerprint density at radius 2 is 2.10 bits per heavy atom. The summed E-state index contributed by atoms with van der Waals surface area (Å²) >= 11 is 0. The van der Waals surface area contributed by atoms with E-state index >= 15 is 0 Å². The van der Waals surface area contributed by atoms with E-state index in [1.165, 1.54) is 4.90 Å². The number of hydrogen-bond acceptors (Lipinski definition) is 2. The number of nitrogens with zero attached hydrogens (tertiary/aromatic N) is 1. The van der Waals surface area contributed by atoms with Gasteiger partial charge < -0.3 is 10.4 Å². The fraction of sp³-hybridized carbons (Fsp3) is 0.385. The van der Waals surface area contributed by atoms with E-state index in [2.05, 4.69) is 5.32 Å². The van der Waals surface area contributed by atoms with E-state index in [1.54, 1.807) is 24.3 Å². The zero-order valence-corrected chi connectivity index (χ0v) is 10.6. The number of para-hydroxylation sites is 1. The van der Waals surface area contributed by atoms with E-state index in [0.29, 0.717) is 5.69 Å². The van der Waals surface area contributed by atoms with Crippen LogP contribution < -0.4 is 10.2 Å². The van der Waals surface area contributed by atoms with Gasteiger partial charge in [0.15, 0.2) is 0 Å². The number of aliphatic carboxylic acids is 1. The number of alkyl halides is 2.